The Morgan fingerprint density at radius 1 is 0.968 bits per heavy atom. The molecule has 7 heteroatoms. The van der Waals surface area contributed by atoms with Gasteiger partial charge in [0.2, 0.25) is 0 Å². The van der Waals surface area contributed by atoms with Gasteiger partial charge in [0.25, 0.3) is 0 Å². The monoisotopic (exact) mass is 428 g/mol. The van der Waals surface area contributed by atoms with Gasteiger partial charge in [-0.25, -0.2) is 4.99 Å². The fraction of sp³-hybridized carbons (Fsp3) is 0.458. The summed E-state index contributed by atoms with van der Waals surface area (Å²) in [4.78, 5) is 6.84. The molecule has 0 bridgehead atoms. The number of ether oxygens (including phenoxy) is 3. The Morgan fingerprint density at radius 2 is 1.74 bits per heavy atom. The molecule has 0 saturated heterocycles. The largest absolute Gasteiger partial charge is 0.493 e. The SMILES string of the molecule is CCNC(=NCc1ccccc1OCCN(C)C)NCCc1ccc(OC)c(OC)c1. The third kappa shape index (κ3) is 8.38. The van der Waals surface area contributed by atoms with E-state index in [-0.39, 0.29) is 0 Å². The fourth-order valence-electron chi connectivity index (χ4n) is 2.98. The van der Waals surface area contributed by atoms with E-state index in [4.69, 9.17) is 19.2 Å². The van der Waals surface area contributed by atoms with Gasteiger partial charge in [0.1, 0.15) is 12.4 Å². The molecule has 0 aromatic heterocycles. The van der Waals surface area contributed by atoms with E-state index >= 15 is 0 Å². The summed E-state index contributed by atoms with van der Waals surface area (Å²) in [5.41, 5.74) is 2.24. The Morgan fingerprint density at radius 3 is 2.45 bits per heavy atom. The summed E-state index contributed by atoms with van der Waals surface area (Å²) in [6.07, 6.45) is 0.842. The molecule has 2 rings (SSSR count). The van der Waals surface area contributed by atoms with Crippen molar-refractivity contribution in [3.05, 3.63) is 53.6 Å². The summed E-state index contributed by atoms with van der Waals surface area (Å²) >= 11 is 0. The van der Waals surface area contributed by atoms with E-state index in [2.05, 4.69) is 34.6 Å². The van der Waals surface area contributed by atoms with Crippen LogP contribution in [0.1, 0.15) is 18.1 Å². The summed E-state index contributed by atoms with van der Waals surface area (Å²) in [7, 11) is 7.37. The Kier molecular flexibility index (Phi) is 10.5. The average Bonchev–Trinajstić information content (AvgIpc) is 2.77. The topological polar surface area (TPSA) is 67.4 Å². The smallest absolute Gasteiger partial charge is 0.191 e. The van der Waals surface area contributed by atoms with Crippen molar-refractivity contribution in [2.24, 2.45) is 4.99 Å². The maximum atomic E-state index is 5.95. The number of likely N-dealkylation sites (N-methyl/N-ethyl adjacent to an activating group) is 1. The molecular weight excluding hydrogens is 392 g/mol. The molecule has 2 N–H and O–H groups in total. The highest BCUT2D eigenvalue weighted by Crippen LogP contribution is 2.27. The lowest BCUT2D eigenvalue weighted by Gasteiger charge is -2.15. The molecule has 0 aliphatic rings. The van der Waals surface area contributed by atoms with Gasteiger partial charge in [0, 0.05) is 25.2 Å². The number of aliphatic imine (C=N–C) groups is 1. The van der Waals surface area contributed by atoms with Crippen molar-refractivity contribution in [3.8, 4) is 17.2 Å². The van der Waals surface area contributed by atoms with Crippen molar-refractivity contribution in [2.75, 3.05) is 54.6 Å². The van der Waals surface area contributed by atoms with Crippen LogP contribution in [-0.4, -0.2) is 65.4 Å². The van der Waals surface area contributed by atoms with Crippen molar-refractivity contribution in [2.45, 2.75) is 19.9 Å². The predicted molar refractivity (Wildman–Crippen MR) is 127 cm³/mol. The normalized spacial score (nSPS) is 11.4. The summed E-state index contributed by atoms with van der Waals surface area (Å²) in [6, 6.07) is 14.0. The zero-order valence-corrected chi connectivity index (χ0v) is 19.4. The molecule has 170 valence electrons. The highest BCUT2D eigenvalue weighted by Gasteiger charge is 2.06. The standard InChI is InChI=1S/C24H36N4O3/c1-6-25-24(26-14-13-19-11-12-22(29-4)23(17-19)30-5)27-18-20-9-7-8-10-21(20)31-16-15-28(2)3/h7-12,17H,6,13-16,18H2,1-5H3,(H2,25,26,27). The molecule has 0 spiro atoms. The molecule has 7 nitrogen and oxygen atoms in total. The van der Waals surface area contributed by atoms with E-state index in [0.717, 1.165) is 54.8 Å². The molecule has 0 atom stereocenters. The number of nitrogens with one attached hydrogen (secondary N) is 2. The van der Waals surface area contributed by atoms with Crippen molar-refractivity contribution < 1.29 is 14.2 Å². The minimum Gasteiger partial charge on any atom is -0.493 e. The van der Waals surface area contributed by atoms with Crippen LogP contribution in [0.3, 0.4) is 0 Å². The first kappa shape index (κ1) is 24.3. The van der Waals surface area contributed by atoms with Crippen molar-refractivity contribution in [1.29, 1.82) is 0 Å². The van der Waals surface area contributed by atoms with E-state index in [9.17, 15) is 0 Å². The van der Waals surface area contributed by atoms with Gasteiger partial charge in [-0.1, -0.05) is 24.3 Å². The summed E-state index contributed by atoms with van der Waals surface area (Å²) in [5, 5.41) is 6.71. The molecule has 0 amide bonds. The van der Waals surface area contributed by atoms with E-state index in [1.54, 1.807) is 14.2 Å². The Balaban J connectivity index is 1.95. The van der Waals surface area contributed by atoms with E-state index in [1.165, 1.54) is 5.56 Å². The maximum absolute atomic E-state index is 5.95. The number of benzene rings is 2. The first-order valence-electron chi connectivity index (χ1n) is 10.7. The van der Waals surface area contributed by atoms with Crippen LogP contribution in [0.2, 0.25) is 0 Å². The number of nitrogens with zero attached hydrogens (tertiary/aromatic N) is 2. The molecule has 0 saturated carbocycles. The molecule has 0 unspecified atom stereocenters. The van der Waals surface area contributed by atoms with Crippen LogP contribution in [0, 0.1) is 0 Å². The molecule has 0 heterocycles. The van der Waals surface area contributed by atoms with E-state index in [1.807, 2.05) is 44.4 Å². The number of rotatable bonds is 12. The Labute approximate surface area is 186 Å². The van der Waals surface area contributed by atoms with Gasteiger partial charge < -0.3 is 29.7 Å². The molecule has 2 aromatic carbocycles. The molecular formula is C24H36N4O3. The number of hydrogen-bond acceptors (Lipinski definition) is 5. The van der Waals surface area contributed by atoms with Crippen LogP contribution in [0.4, 0.5) is 0 Å². The lowest BCUT2D eigenvalue weighted by Crippen LogP contribution is -2.38. The lowest BCUT2D eigenvalue weighted by atomic mass is 10.1. The van der Waals surface area contributed by atoms with Crippen molar-refractivity contribution >= 4 is 5.96 Å². The van der Waals surface area contributed by atoms with Crippen LogP contribution in [0.5, 0.6) is 17.2 Å². The number of methoxy groups -OCH3 is 2. The summed E-state index contributed by atoms with van der Waals surface area (Å²) in [6.45, 7) is 5.68. The third-order valence-electron chi connectivity index (χ3n) is 4.67. The van der Waals surface area contributed by atoms with Crippen LogP contribution >= 0.6 is 0 Å². The number of para-hydroxylation sites is 1. The van der Waals surface area contributed by atoms with E-state index < -0.39 is 0 Å². The fourth-order valence-corrected chi connectivity index (χ4v) is 2.98. The third-order valence-corrected chi connectivity index (χ3v) is 4.67. The second-order valence-corrected chi connectivity index (χ2v) is 7.32. The van der Waals surface area contributed by atoms with Gasteiger partial charge in [-0.05, 0) is 51.2 Å². The quantitative estimate of drug-likeness (QED) is 0.400. The summed E-state index contributed by atoms with van der Waals surface area (Å²) in [5.74, 6) is 3.15. The highest BCUT2D eigenvalue weighted by atomic mass is 16.5. The summed E-state index contributed by atoms with van der Waals surface area (Å²) < 4.78 is 16.6. The second kappa shape index (κ2) is 13.4. The number of guanidine groups is 1. The lowest BCUT2D eigenvalue weighted by molar-refractivity contribution is 0.259. The first-order valence-corrected chi connectivity index (χ1v) is 10.7. The Bertz CT molecular complexity index is 824. The van der Waals surface area contributed by atoms with Crippen molar-refractivity contribution in [3.63, 3.8) is 0 Å². The van der Waals surface area contributed by atoms with Crippen LogP contribution in [-0.2, 0) is 13.0 Å². The Hall–Kier alpha value is -2.93. The zero-order chi connectivity index (χ0) is 22.5. The van der Waals surface area contributed by atoms with E-state index in [0.29, 0.717) is 13.2 Å². The highest BCUT2D eigenvalue weighted by molar-refractivity contribution is 5.79. The molecule has 2 aromatic rings. The first-order chi connectivity index (χ1) is 15.1. The molecule has 0 fully saturated rings. The predicted octanol–water partition coefficient (Wildman–Crippen LogP) is 2.94. The van der Waals surface area contributed by atoms with Gasteiger partial charge in [-0.3, -0.25) is 0 Å². The van der Waals surface area contributed by atoms with Gasteiger partial charge in [-0.2, -0.15) is 0 Å². The number of hydrogen-bond donors (Lipinski definition) is 2. The van der Waals surface area contributed by atoms with Crippen LogP contribution in [0.25, 0.3) is 0 Å². The van der Waals surface area contributed by atoms with Crippen LogP contribution in [0.15, 0.2) is 47.5 Å². The maximum Gasteiger partial charge on any atom is 0.191 e. The minimum absolute atomic E-state index is 0.545. The van der Waals surface area contributed by atoms with Gasteiger partial charge in [0.15, 0.2) is 17.5 Å². The molecule has 0 aliphatic carbocycles. The van der Waals surface area contributed by atoms with Gasteiger partial charge in [-0.15, -0.1) is 0 Å². The van der Waals surface area contributed by atoms with Crippen LogP contribution < -0.4 is 24.8 Å². The molecule has 0 radical (unpaired) electrons. The molecule has 31 heavy (non-hydrogen) atoms. The second-order valence-electron chi connectivity index (χ2n) is 7.32. The van der Waals surface area contributed by atoms with Gasteiger partial charge in [0.05, 0.1) is 20.8 Å². The minimum atomic E-state index is 0.545. The average molecular weight is 429 g/mol. The van der Waals surface area contributed by atoms with Gasteiger partial charge >= 0.3 is 0 Å². The molecule has 0 aliphatic heterocycles. The zero-order valence-electron chi connectivity index (χ0n) is 19.4. The van der Waals surface area contributed by atoms with Crippen molar-refractivity contribution in [1.82, 2.24) is 15.5 Å².